The number of rotatable bonds is 2. The fourth-order valence-corrected chi connectivity index (χ4v) is 3.80. The van der Waals surface area contributed by atoms with E-state index in [-0.39, 0.29) is 12.3 Å². The SMILES string of the molecule is Cc1nn(-c2nc3ccccc3[nH]2)c2c1[C@@H](c1cc(F)cc(F)c1)CC(=O)N2. The fraction of sp³-hybridized carbons (Fsp3) is 0.150. The summed E-state index contributed by atoms with van der Waals surface area (Å²) in [6.07, 6.45) is 0.0859. The molecule has 0 saturated carbocycles. The van der Waals surface area contributed by atoms with Gasteiger partial charge >= 0.3 is 0 Å². The highest BCUT2D eigenvalue weighted by molar-refractivity contribution is 5.95. The number of aromatic amines is 1. The zero-order valence-electron chi connectivity index (χ0n) is 14.8. The van der Waals surface area contributed by atoms with Crippen LogP contribution in [0.1, 0.15) is 29.2 Å². The molecule has 1 atom stereocenters. The minimum atomic E-state index is -0.676. The lowest BCUT2D eigenvalue weighted by atomic mass is 9.85. The first-order valence-corrected chi connectivity index (χ1v) is 8.80. The van der Waals surface area contributed by atoms with Crippen LogP contribution in [-0.4, -0.2) is 25.7 Å². The van der Waals surface area contributed by atoms with Gasteiger partial charge in [0.2, 0.25) is 11.9 Å². The molecule has 1 aliphatic heterocycles. The number of imidazole rings is 1. The van der Waals surface area contributed by atoms with Crippen molar-refractivity contribution in [1.29, 1.82) is 0 Å². The molecule has 2 aromatic carbocycles. The summed E-state index contributed by atoms with van der Waals surface area (Å²) in [5.74, 6) is -1.18. The Morgan fingerprint density at radius 1 is 1.14 bits per heavy atom. The number of hydrogen-bond acceptors (Lipinski definition) is 3. The Hall–Kier alpha value is -3.55. The molecule has 8 heteroatoms. The number of nitrogens with one attached hydrogen (secondary N) is 2. The minimum Gasteiger partial charge on any atom is -0.322 e. The number of fused-ring (bicyclic) bond motifs is 2. The van der Waals surface area contributed by atoms with E-state index in [0.717, 1.165) is 22.7 Å². The van der Waals surface area contributed by atoms with Gasteiger partial charge in [0.15, 0.2) is 0 Å². The summed E-state index contributed by atoms with van der Waals surface area (Å²) in [6, 6.07) is 10.9. The summed E-state index contributed by atoms with van der Waals surface area (Å²) in [4.78, 5) is 20.1. The van der Waals surface area contributed by atoms with Gasteiger partial charge in [0, 0.05) is 24.0 Å². The highest BCUT2D eigenvalue weighted by Crippen LogP contribution is 2.40. The summed E-state index contributed by atoms with van der Waals surface area (Å²) in [7, 11) is 0. The second-order valence-electron chi connectivity index (χ2n) is 6.84. The van der Waals surface area contributed by atoms with Gasteiger partial charge in [0.05, 0.1) is 16.7 Å². The molecule has 28 heavy (non-hydrogen) atoms. The summed E-state index contributed by atoms with van der Waals surface area (Å²) in [5.41, 5.74) is 3.40. The van der Waals surface area contributed by atoms with E-state index in [1.54, 1.807) is 6.92 Å². The average molecular weight is 379 g/mol. The maximum Gasteiger partial charge on any atom is 0.231 e. The number of aryl methyl sites for hydroxylation is 1. The standard InChI is InChI=1S/C20H15F2N5O/c1-10-18-14(11-6-12(21)8-13(22)7-11)9-17(28)25-19(18)27(26-10)20-23-15-4-2-3-5-16(15)24-20/h2-8,14H,9H2,1H3,(H,23,24)(H,25,28)/t14-/m1/s1. The number of nitrogens with zero attached hydrogens (tertiary/aromatic N) is 3. The fourth-order valence-electron chi connectivity index (χ4n) is 3.80. The van der Waals surface area contributed by atoms with Crippen molar-refractivity contribution in [2.45, 2.75) is 19.3 Å². The topological polar surface area (TPSA) is 75.6 Å². The zero-order chi connectivity index (χ0) is 19.4. The van der Waals surface area contributed by atoms with Gasteiger partial charge in [0.25, 0.3) is 0 Å². The molecular weight excluding hydrogens is 364 g/mol. The third kappa shape index (κ3) is 2.57. The zero-order valence-corrected chi connectivity index (χ0v) is 14.8. The van der Waals surface area contributed by atoms with Crippen molar-refractivity contribution in [1.82, 2.24) is 19.7 Å². The van der Waals surface area contributed by atoms with Crippen molar-refractivity contribution < 1.29 is 13.6 Å². The normalized spacial score (nSPS) is 16.2. The Morgan fingerprint density at radius 3 is 2.64 bits per heavy atom. The number of halogens is 2. The second kappa shape index (κ2) is 5.98. The van der Waals surface area contributed by atoms with Crippen molar-refractivity contribution in [2.24, 2.45) is 0 Å². The quantitative estimate of drug-likeness (QED) is 0.556. The van der Waals surface area contributed by atoms with Gasteiger partial charge < -0.3 is 10.3 Å². The van der Waals surface area contributed by atoms with Crippen LogP contribution in [0.5, 0.6) is 0 Å². The monoisotopic (exact) mass is 379 g/mol. The molecule has 0 unspecified atom stereocenters. The van der Waals surface area contributed by atoms with E-state index in [4.69, 9.17) is 0 Å². The smallest absolute Gasteiger partial charge is 0.231 e. The largest absolute Gasteiger partial charge is 0.322 e. The lowest BCUT2D eigenvalue weighted by Crippen LogP contribution is -2.25. The van der Waals surface area contributed by atoms with Crippen molar-refractivity contribution >= 4 is 22.8 Å². The first-order valence-electron chi connectivity index (χ1n) is 8.80. The first-order chi connectivity index (χ1) is 13.5. The van der Waals surface area contributed by atoms with Crippen molar-refractivity contribution in [3.05, 3.63) is 70.9 Å². The van der Waals surface area contributed by atoms with E-state index in [9.17, 15) is 13.6 Å². The Labute approximate surface area is 158 Å². The minimum absolute atomic E-state index is 0.0859. The van der Waals surface area contributed by atoms with Crippen LogP contribution in [0.3, 0.4) is 0 Å². The van der Waals surface area contributed by atoms with Gasteiger partial charge in [-0.2, -0.15) is 9.78 Å². The van der Waals surface area contributed by atoms with Crippen LogP contribution in [-0.2, 0) is 4.79 Å². The molecule has 2 aromatic heterocycles. The summed E-state index contributed by atoms with van der Waals surface area (Å²) in [5, 5.41) is 7.37. The first kappa shape index (κ1) is 16.6. The number of benzene rings is 2. The number of para-hydroxylation sites is 2. The summed E-state index contributed by atoms with van der Waals surface area (Å²) < 4.78 is 29.1. The van der Waals surface area contributed by atoms with Crippen molar-refractivity contribution in [2.75, 3.05) is 5.32 Å². The van der Waals surface area contributed by atoms with Crippen LogP contribution in [0, 0.1) is 18.6 Å². The third-order valence-electron chi connectivity index (χ3n) is 4.97. The summed E-state index contributed by atoms with van der Waals surface area (Å²) in [6.45, 7) is 1.80. The maximum absolute atomic E-state index is 13.8. The molecular formula is C20H15F2N5O. The second-order valence-corrected chi connectivity index (χ2v) is 6.84. The molecule has 0 spiro atoms. The third-order valence-corrected chi connectivity index (χ3v) is 4.97. The van der Waals surface area contributed by atoms with Crippen LogP contribution in [0.15, 0.2) is 42.5 Å². The van der Waals surface area contributed by atoms with Crippen LogP contribution < -0.4 is 5.32 Å². The molecule has 0 fully saturated rings. The molecule has 3 heterocycles. The van der Waals surface area contributed by atoms with E-state index in [1.807, 2.05) is 24.3 Å². The van der Waals surface area contributed by atoms with Crippen molar-refractivity contribution in [3.8, 4) is 5.95 Å². The van der Waals surface area contributed by atoms with Crippen LogP contribution in [0.25, 0.3) is 17.0 Å². The lowest BCUT2D eigenvalue weighted by Gasteiger charge is -2.24. The predicted molar refractivity (Wildman–Crippen MR) is 99.4 cm³/mol. The maximum atomic E-state index is 13.8. The van der Waals surface area contributed by atoms with Crippen molar-refractivity contribution in [3.63, 3.8) is 0 Å². The van der Waals surface area contributed by atoms with Gasteiger partial charge in [-0.05, 0) is 36.8 Å². The number of H-pyrrole nitrogens is 1. The molecule has 2 N–H and O–H groups in total. The van der Waals surface area contributed by atoms with Crippen LogP contribution in [0.2, 0.25) is 0 Å². The number of amides is 1. The Balaban J connectivity index is 1.69. The van der Waals surface area contributed by atoms with E-state index < -0.39 is 17.6 Å². The van der Waals surface area contributed by atoms with Gasteiger partial charge in [-0.15, -0.1) is 0 Å². The molecule has 140 valence electrons. The van der Waals surface area contributed by atoms with Gasteiger partial charge in [-0.25, -0.2) is 13.8 Å². The molecule has 1 amide bonds. The van der Waals surface area contributed by atoms with E-state index in [0.29, 0.717) is 23.0 Å². The molecule has 4 aromatic rings. The molecule has 0 bridgehead atoms. The Bertz CT molecular complexity index is 1190. The Kier molecular flexibility index (Phi) is 3.55. The number of aromatic nitrogens is 4. The van der Waals surface area contributed by atoms with E-state index >= 15 is 0 Å². The predicted octanol–water partition coefficient (Wildman–Crippen LogP) is 3.81. The molecule has 6 nitrogen and oxygen atoms in total. The molecule has 0 saturated heterocycles. The molecule has 0 radical (unpaired) electrons. The number of anilines is 1. The highest BCUT2D eigenvalue weighted by Gasteiger charge is 2.33. The number of hydrogen-bond donors (Lipinski definition) is 2. The Morgan fingerprint density at radius 2 is 1.89 bits per heavy atom. The van der Waals surface area contributed by atoms with Crippen LogP contribution in [0.4, 0.5) is 14.6 Å². The molecule has 5 rings (SSSR count). The van der Waals surface area contributed by atoms with Gasteiger partial charge in [-0.1, -0.05) is 12.1 Å². The summed E-state index contributed by atoms with van der Waals surface area (Å²) >= 11 is 0. The molecule has 1 aliphatic rings. The number of carbonyl (C=O) groups excluding carboxylic acids is 1. The van der Waals surface area contributed by atoms with E-state index in [2.05, 4.69) is 20.4 Å². The lowest BCUT2D eigenvalue weighted by molar-refractivity contribution is -0.116. The van der Waals surface area contributed by atoms with E-state index in [1.165, 1.54) is 16.8 Å². The van der Waals surface area contributed by atoms with Crippen LogP contribution >= 0.6 is 0 Å². The number of carbonyl (C=O) groups is 1. The van der Waals surface area contributed by atoms with Gasteiger partial charge in [0.1, 0.15) is 17.5 Å². The average Bonchev–Trinajstić information content (AvgIpc) is 3.21. The highest BCUT2D eigenvalue weighted by atomic mass is 19.1. The van der Waals surface area contributed by atoms with Gasteiger partial charge in [-0.3, -0.25) is 4.79 Å². The molecule has 0 aliphatic carbocycles.